The van der Waals surface area contributed by atoms with E-state index in [9.17, 15) is 24.6 Å². The van der Waals surface area contributed by atoms with Crippen molar-refractivity contribution in [2.75, 3.05) is 18.4 Å². The van der Waals surface area contributed by atoms with Crippen LogP contribution in [0.5, 0.6) is 0 Å². The number of carbonyl (C=O) groups is 3. The number of aryl methyl sites for hydroxylation is 2. The van der Waals surface area contributed by atoms with Crippen LogP contribution in [0.1, 0.15) is 34.5 Å². The summed E-state index contributed by atoms with van der Waals surface area (Å²) in [6.07, 6.45) is -0.324. The van der Waals surface area contributed by atoms with E-state index in [0.29, 0.717) is 30.6 Å². The van der Waals surface area contributed by atoms with Gasteiger partial charge in [0.1, 0.15) is 0 Å². The SMILES string of the molecule is Cc1ccc(NC(=O)[C@@H](O)[C@H](O)C(=O)N2CCC3(CC2)Cc2cn(C)nc2C(=O)N3)cc1. The van der Waals surface area contributed by atoms with E-state index in [-0.39, 0.29) is 19.0 Å². The van der Waals surface area contributed by atoms with Crippen molar-refractivity contribution in [3.05, 3.63) is 47.3 Å². The van der Waals surface area contributed by atoms with Crippen molar-refractivity contribution in [1.29, 1.82) is 0 Å². The second-order valence-corrected chi connectivity index (χ2v) is 8.66. The van der Waals surface area contributed by atoms with Crippen LogP contribution in [0.2, 0.25) is 0 Å². The Balaban J connectivity index is 1.35. The van der Waals surface area contributed by atoms with Crippen molar-refractivity contribution < 1.29 is 24.6 Å². The summed E-state index contributed by atoms with van der Waals surface area (Å²) in [5.74, 6) is -1.79. The van der Waals surface area contributed by atoms with Crippen LogP contribution in [0.3, 0.4) is 0 Å². The standard InChI is InChI=1S/C22H27N5O5/c1-13-3-5-15(6-4-13)23-20(31)17(28)18(29)21(32)27-9-7-22(8-10-27)11-14-12-26(2)25-16(14)19(30)24-22/h3-6,12,17-18,28-29H,7-11H2,1-2H3,(H,23,31)(H,24,30)/t17-,18-/m0/s1. The monoisotopic (exact) mass is 441 g/mol. The third-order valence-corrected chi connectivity index (χ3v) is 6.20. The van der Waals surface area contributed by atoms with Crippen LogP contribution in [-0.4, -0.2) is 73.5 Å². The average molecular weight is 441 g/mol. The lowest BCUT2D eigenvalue weighted by atomic mass is 9.79. The molecule has 1 aromatic heterocycles. The minimum atomic E-state index is -1.90. The zero-order valence-corrected chi connectivity index (χ0v) is 18.0. The van der Waals surface area contributed by atoms with Crippen LogP contribution in [0.15, 0.2) is 30.5 Å². The van der Waals surface area contributed by atoms with Gasteiger partial charge in [-0.25, -0.2) is 0 Å². The summed E-state index contributed by atoms with van der Waals surface area (Å²) >= 11 is 0. The number of likely N-dealkylation sites (tertiary alicyclic amines) is 1. The largest absolute Gasteiger partial charge is 0.380 e. The Morgan fingerprint density at radius 2 is 1.81 bits per heavy atom. The lowest BCUT2D eigenvalue weighted by molar-refractivity contribution is -0.152. The first-order valence-electron chi connectivity index (χ1n) is 10.5. The molecule has 0 radical (unpaired) electrons. The second-order valence-electron chi connectivity index (χ2n) is 8.66. The number of aliphatic hydroxyl groups excluding tert-OH is 2. The Kier molecular flexibility index (Phi) is 5.74. The Morgan fingerprint density at radius 3 is 2.47 bits per heavy atom. The van der Waals surface area contributed by atoms with Gasteiger partial charge >= 0.3 is 0 Å². The second kappa shape index (κ2) is 8.36. The van der Waals surface area contributed by atoms with Gasteiger partial charge in [-0.3, -0.25) is 19.1 Å². The number of amides is 3. The topological polar surface area (TPSA) is 137 Å². The molecule has 3 heterocycles. The fraction of sp³-hybridized carbons (Fsp3) is 0.455. The van der Waals surface area contributed by atoms with Gasteiger partial charge in [0.25, 0.3) is 17.7 Å². The van der Waals surface area contributed by atoms with Crippen molar-refractivity contribution in [3.8, 4) is 0 Å². The Bertz CT molecular complexity index is 1040. The number of nitrogens with zero attached hydrogens (tertiary/aromatic N) is 3. The van der Waals surface area contributed by atoms with E-state index in [4.69, 9.17) is 0 Å². The quantitative estimate of drug-likeness (QED) is 0.516. The summed E-state index contributed by atoms with van der Waals surface area (Å²) < 4.78 is 1.61. The first-order valence-corrected chi connectivity index (χ1v) is 10.5. The third kappa shape index (κ3) is 4.23. The summed E-state index contributed by atoms with van der Waals surface area (Å²) in [7, 11) is 1.77. The molecule has 3 amide bonds. The number of benzene rings is 1. The van der Waals surface area contributed by atoms with Crippen molar-refractivity contribution in [3.63, 3.8) is 0 Å². The molecular formula is C22H27N5O5. The molecule has 170 valence electrons. The number of piperidine rings is 1. The van der Waals surface area contributed by atoms with E-state index in [1.807, 2.05) is 13.1 Å². The predicted molar refractivity (Wildman–Crippen MR) is 115 cm³/mol. The molecule has 0 bridgehead atoms. The van der Waals surface area contributed by atoms with Gasteiger partial charge in [0.05, 0.1) is 0 Å². The van der Waals surface area contributed by atoms with Crippen LogP contribution in [0.25, 0.3) is 0 Å². The minimum Gasteiger partial charge on any atom is -0.380 e. The molecule has 1 aromatic carbocycles. The lowest BCUT2D eigenvalue weighted by Crippen LogP contribution is -2.61. The number of carbonyl (C=O) groups excluding carboxylic acids is 3. The molecule has 2 atom stereocenters. The predicted octanol–water partition coefficient (Wildman–Crippen LogP) is -0.264. The van der Waals surface area contributed by atoms with Gasteiger partial charge in [0.2, 0.25) is 0 Å². The van der Waals surface area contributed by atoms with Crippen LogP contribution < -0.4 is 10.6 Å². The summed E-state index contributed by atoms with van der Waals surface area (Å²) in [4.78, 5) is 38.9. The number of fused-ring (bicyclic) bond motifs is 1. The molecule has 0 unspecified atom stereocenters. The Labute approximate surface area is 185 Å². The van der Waals surface area contributed by atoms with Gasteiger partial charge in [-0.2, -0.15) is 5.10 Å². The van der Waals surface area contributed by atoms with Crippen LogP contribution in [-0.2, 0) is 23.1 Å². The summed E-state index contributed by atoms with van der Waals surface area (Å²) in [5.41, 5.74) is 2.29. The Morgan fingerprint density at radius 1 is 1.16 bits per heavy atom. The number of hydrogen-bond acceptors (Lipinski definition) is 6. The molecule has 2 aliphatic rings. The van der Waals surface area contributed by atoms with Gasteiger partial charge < -0.3 is 25.7 Å². The first kappa shape index (κ1) is 22.0. The van der Waals surface area contributed by atoms with Crippen LogP contribution >= 0.6 is 0 Å². The molecule has 1 saturated heterocycles. The van der Waals surface area contributed by atoms with Crippen LogP contribution in [0.4, 0.5) is 5.69 Å². The maximum atomic E-state index is 12.7. The van der Waals surface area contributed by atoms with E-state index < -0.39 is 29.6 Å². The molecule has 2 aliphatic heterocycles. The molecule has 4 N–H and O–H groups in total. The number of anilines is 1. The molecule has 0 saturated carbocycles. The molecule has 1 fully saturated rings. The zero-order valence-electron chi connectivity index (χ0n) is 18.0. The fourth-order valence-electron chi connectivity index (χ4n) is 4.34. The van der Waals surface area contributed by atoms with E-state index in [1.54, 1.807) is 36.0 Å². The minimum absolute atomic E-state index is 0.227. The highest BCUT2D eigenvalue weighted by molar-refractivity contribution is 5.98. The number of hydrogen-bond donors (Lipinski definition) is 4. The molecule has 32 heavy (non-hydrogen) atoms. The van der Waals surface area contributed by atoms with E-state index in [0.717, 1.165) is 11.1 Å². The highest BCUT2D eigenvalue weighted by Gasteiger charge is 2.44. The molecule has 4 rings (SSSR count). The van der Waals surface area contributed by atoms with Crippen molar-refractivity contribution in [2.24, 2.45) is 7.05 Å². The van der Waals surface area contributed by atoms with Gasteiger partial charge in [0.15, 0.2) is 17.9 Å². The molecule has 1 spiro atoms. The van der Waals surface area contributed by atoms with E-state index >= 15 is 0 Å². The number of nitrogens with one attached hydrogen (secondary N) is 2. The normalized spacial score (nSPS) is 19.1. The van der Waals surface area contributed by atoms with E-state index in [1.165, 1.54) is 4.90 Å². The molecule has 2 aromatic rings. The highest BCUT2D eigenvalue weighted by Crippen LogP contribution is 2.31. The van der Waals surface area contributed by atoms with Crippen LogP contribution in [0, 0.1) is 6.92 Å². The van der Waals surface area contributed by atoms with Crippen molar-refractivity contribution in [2.45, 2.75) is 43.9 Å². The van der Waals surface area contributed by atoms with Gasteiger partial charge in [-0.15, -0.1) is 0 Å². The zero-order chi connectivity index (χ0) is 23.0. The van der Waals surface area contributed by atoms with Crippen molar-refractivity contribution >= 4 is 23.4 Å². The van der Waals surface area contributed by atoms with Crippen molar-refractivity contribution in [1.82, 2.24) is 20.0 Å². The number of aliphatic hydroxyl groups is 2. The number of rotatable bonds is 4. The fourth-order valence-corrected chi connectivity index (χ4v) is 4.34. The molecule has 10 heteroatoms. The highest BCUT2D eigenvalue weighted by atomic mass is 16.3. The van der Waals surface area contributed by atoms with Gasteiger partial charge in [0, 0.05) is 43.1 Å². The maximum absolute atomic E-state index is 12.7. The molecular weight excluding hydrogens is 414 g/mol. The van der Waals surface area contributed by atoms with E-state index in [2.05, 4.69) is 15.7 Å². The summed E-state index contributed by atoms with van der Waals surface area (Å²) in [6.45, 7) is 2.48. The van der Waals surface area contributed by atoms with Gasteiger partial charge in [-0.05, 0) is 38.3 Å². The lowest BCUT2D eigenvalue weighted by Gasteiger charge is -2.44. The third-order valence-electron chi connectivity index (χ3n) is 6.20. The molecule has 10 nitrogen and oxygen atoms in total. The van der Waals surface area contributed by atoms with Gasteiger partial charge in [-0.1, -0.05) is 17.7 Å². The summed E-state index contributed by atoms with van der Waals surface area (Å²) in [6, 6.07) is 6.94. The summed E-state index contributed by atoms with van der Waals surface area (Å²) in [5, 5.41) is 30.3. The molecule has 0 aliphatic carbocycles. The number of aromatic nitrogens is 2. The first-order chi connectivity index (χ1) is 15.2. The average Bonchev–Trinajstić information content (AvgIpc) is 3.14. The smallest absolute Gasteiger partial charge is 0.272 e. The maximum Gasteiger partial charge on any atom is 0.272 e. The Hall–Kier alpha value is -3.24.